The summed E-state index contributed by atoms with van der Waals surface area (Å²) in [7, 11) is 0. The summed E-state index contributed by atoms with van der Waals surface area (Å²) in [5.41, 5.74) is 2.76. The predicted octanol–water partition coefficient (Wildman–Crippen LogP) is 4.00. The molecule has 102 valence electrons. The number of nitrogens with zero attached hydrogens (tertiary/aromatic N) is 2. The second-order valence-electron chi connectivity index (χ2n) is 4.43. The van der Waals surface area contributed by atoms with Crippen molar-refractivity contribution < 1.29 is 5.11 Å². The monoisotopic (exact) mass is 306 g/mol. The quantitative estimate of drug-likeness (QED) is 0.794. The lowest BCUT2D eigenvalue weighted by atomic mass is 10.2. The third kappa shape index (κ3) is 2.29. The standard InChI is InChI=1S/C15H12Cl2N2O/c16-11-6-5-10(9-12(11)17)15-18-13-3-1-2-4-14(13)19(15)7-8-20/h1-6,9,20H,7-8H2. The number of aliphatic hydroxyl groups excluding tert-OH is 1. The van der Waals surface area contributed by atoms with Gasteiger partial charge < -0.3 is 9.67 Å². The molecule has 0 aliphatic rings. The molecule has 0 saturated heterocycles. The number of para-hydroxylation sites is 2. The van der Waals surface area contributed by atoms with Gasteiger partial charge in [-0.25, -0.2) is 4.98 Å². The van der Waals surface area contributed by atoms with Crippen molar-refractivity contribution in [2.24, 2.45) is 0 Å². The van der Waals surface area contributed by atoms with Gasteiger partial charge in [-0.15, -0.1) is 0 Å². The van der Waals surface area contributed by atoms with E-state index in [0.29, 0.717) is 16.6 Å². The van der Waals surface area contributed by atoms with Gasteiger partial charge in [0.2, 0.25) is 0 Å². The Bertz CT molecular complexity index is 768. The zero-order valence-electron chi connectivity index (χ0n) is 10.6. The van der Waals surface area contributed by atoms with E-state index in [4.69, 9.17) is 23.2 Å². The third-order valence-electron chi connectivity index (χ3n) is 3.16. The molecule has 0 aliphatic heterocycles. The zero-order chi connectivity index (χ0) is 14.1. The lowest BCUT2D eigenvalue weighted by Gasteiger charge is -2.08. The molecule has 0 atom stereocenters. The van der Waals surface area contributed by atoms with Crippen molar-refractivity contribution in [2.75, 3.05) is 6.61 Å². The lowest BCUT2D eigenvalue weighted by molar-refractivity contribution is 0.278. The van der Waals surface area contributed by atoms with Crippen molar-refractivity contribution in [1.29, 1.82) is 0 Å². The smallest absolute Gasteiger partial charge is 0.141 e. The van der Waals surface area contributed by atoms with Gasteiger partial charge in [-0.1, -0.05) is 35.3 Å². The lowest BCUT2D eigenvalue weighted by Crippen LogP contribution is -2.04. The van der Waals surface area contributed by atoms with Crippen molar-refractivity contribution in [2.45, 2.75) is 6.54 Å². The SMILES string of the molecule is OCCn1c(-c2ccc(Cl)c(Cl)c2)nc2ccccc21. The number of halogens is 2. The Kier molecular flexibility index (Phi) is 3.66. The van der Waals surface area contributed by atoms with Crippen molar-refractivity contribution in [3.05, 3.63) is 52.5 Å². The van der Waals surface area contributed by atoms with Crippen LogP contribution in [0.15, 0.2) is 42.5 Å². The molecule has 3 rings (SSSR count). The van der Waals surface area contributed by atoms with Crippen LogP contribution < -0.4 is 0 Å². The minimum atomic E-state index is 0.0503. The van der Waals surface area contributed by atoms with E-state index < -0.39 is 0 Å². The largest absolute Gasteiger partial charge is 0.395 e. The highest BCUT2D eigenvalue weighted by Gasteiger charge is 2.12. The van der Waals surface area contributed by atoms with E-state index in [1.807, 2.05) is 34.9 Å². The van der Waals surface area contributed by atoms with Crippen molar-refractivity contribution in [3.8, 4) is 11.4 Å². The molecule has 0 radical (unpaired) electrons. The summed E-state index contributed by atoms with van der Waals surface area (Å²) in [5.74, 6) is 0.777. The average molecular weight is 307 g/mol. The molecule has 0 fully saturated rings. The molecule has 1 heterocycles. The van der Waals surface area contributed by atoms with Crippen LogP contribution in [0.1, 0.15) is 0 Å². The van der Waals surface area contributed by atoms with Crippen LogP contribution in [0.5, 0.6) is 0 Å². The van der Waals surface area contributed by atoms with Gasteiger partial charge in [-0.05, 0) is 30.3 Å². The molecule has 1 aromatic heterocycles. The van der Waals surface area contributed by atoms with Gasteiger partial charge in [0, 0.05) is 12.1 Å². The van der Waals surface area contributed by atoms with Crippen LogP contribution in [0.25, 0.3) is 22.4 Å². The highest BCUT2D eigenvalue weighted by Crippen LogP contribution is 2.30. The number of aromatic nitrogens is 2. The van der Waals surface area contributed by atoms with E-state index in [-0.39, 0.29) is 6.61 Å². The number of rotatable bonds is 3. The second-order valence-corrected chi connectivity index (χ2v) is 5.24. The Labute approximate surface area is 126 Å². The van der Waals surface area contributed by atoms with E-state index in [9.17, 15) is 5.11 Å². The second kappa shape index (κ2) is 5.44. The third-order valence-corrected chi connectivity index (χ3v) is 3.89. The first-order valence-corrected chi connectivity index (χ1v) is 6.98. The summed E-state index contributed by atoms with van der Waals surface area (Å²) >= 11 is 12.0. The number of fused-ring (bicyclic) bond motifs is 1. The Hall–Kier alpha value is -1.55. The summed E-state index contributed by atoms with van der Waals surface area (Å²) in [6, 6.07) is 13.3. The highest BCUT2D eigenvalue weighted by atomic mass is 35.5. The first-order valence-electron chi connectivity index (χ1n) is 6.22. The molecule has 3 nitrogen and oxygen atoms in total. The molecule has 3 aromatic rings. The van der Waals surface area contributed by atoms with Crippen LogP contribution in [0.3, 0.4) is 0 Å². The van der Waals surface area contributed by atoms with E-state index in [0.717, 1.165) is 22.4 Å². The van der Waals surface area contributed by atoms with Gasteiger partial charge in [0.05, 0.1) is 27.7 Å². The van der Waals surface area contributed by atoms with Crippen LogP contribution >= 0.6 is 23.2 Å². The van der Waals surface area contributed by atoms with Crippen LogP contribution in [-0.2, 0) is 6.54 Å². The highest BCUT2D eigenvalue weighted by molar-refractivity contribution is 6.42. The molecular weight excluding hydrogens is 295 g/mol. The fourth-order valence-corrected chi connectivity index (χ4v) is 2.56. The Morgan fingerprint density at radius 1 is 1.05 bits per heavy atom. The van der Waals surface area contributed by atoms with Crippen LogP contribution in [0.2, 0.25) is 10.0 Å². The molecule has 0 unspecified atom stereocenters. The minimum Gasteiger partial charge on any atom is -0.395 e. The number of hydrogen-bond acceptors (Lipinski definition) is 2. The Morgan fingerprint density at radius 2 is 1.85 bits per heavy atom. The first-order chi connectivity index (χ1) is 9.70. The molecule has 0 aliphatic carbocycles. The van der Waals surface area contributed by atoms with Gasteiger partial charge in [-0.2, -0.15) is 0 Å². The molecule has 5 heteroatoms. The summed E-state index contributed by atoms with van der Waals surface area (Å²) in [6.07, 6.45) is 0. The van der Waals surface area contributed by atoms with Gasteiger partial charge in [0.1, 0.15) is 5.82 Å². The summed E-state index contributed by atoms with van der Waals surface area (Å²) in [6.45, 7) is 0.533. The van der Waals surface area contributed by atoms with Crippen molar-refractivity contribution in [1.82, 2.24) is 9.55 Å². The molecule has 2 aromatic carbocycles. The first kappa shape index (κ1) is 13.4. The summed E-state index contributed by atoms with van der Waals surface area (Å²) < 4.78 is 1.98. The van der Waals surface area contributed by atoms with E-state index in [2.05, 4.69) is 4.98 Å². The molecule has 0 spiro atoms. The minimum absolute atomic E-state index is 0.0503. The zero-order valence-corrected chi connectivity index (χ0v) is 12.1. The molecular formula is C15H12Cl2N2O. The molecule has 1 N–H and O–H groups in total. The van der Waals surface area contributed by atoms with E-state index in [1.165, 1.54) is 0 Å². The van der Waals surface area contributed by atoms with Crippen LogP contribution in [0, 0.1) is 0 Å². The van der Waals surface area contributed by atoms with Gasteiger partial charge in [0.25, 0.3) is 0 Å². The Morgan fingerprint density at radius 3 is 2.60 bits per heavy atom. The van der Waals surface area contributed by atoms with Gasteiger partial charge in [-0.3, -0.25) is 0 Å². The number of imidazole rings is 1. The van der Waals surface area contributed by atoms with Gasteiger partial charge >= 0.3 is 0 Å². The fourth-order valence-electron chi connectivity index (χ4n) is 2.26. The normalized spacial score (nSPS) is 11.2. The summed E-state index contributed by atoms with van der Waals surface area (Å²) in [5, 5.41) is 10.3. The van der Waals surface area contributed by atoms with Crippen molar-refractivity contribution in [3.63, 3.8) is 0 Å². The van der Waals surface area contributed by atoms with Gasteiger partial charge in [0.15, 0.2) is 0 Å². The summed E-state index contributed by atoms with van der Waals surface area (Å²) in [4.78, 5) is 4.62. The fraction of sp³-hybridized carbons (Fsp3) is 0.133. The Balaban J connectivity index is 2.23. The number of benzene rings is 2. The topological polar surface area (TPSA) is 38.0 Å². The van der Waals surface area contributed by atoms with Crippen LogP contribution in [-0.4, -0.2) is 21.3 Å². The molecule has 0 amide bonds. The number of aliphatic hydroxyl groups is 1. The maximum Gasteiger partial charge on any atom is 0.141 e. The maximum absolute atomic E-state index is 9.27. The molecule has 20 heavy (non-hydrogen) atoms. The average Bonchev–Trinajstić information content (AvgIpc) is 2.82. The van der Waals surface area contributed by atoms with E-state index in [1.54, 1.807) is 12.1 Å². The van der Waals surface area contributed by atoms with Crippen molar-refractivity contribution >= 4 is 34.2 Å². The maximum atomic E-state index is 9.27. The molecule has 0 bridgehead atoms. The van der Waals surface area contributed by atoms with E-state index >= 15 is 0 Å². The molecule has 0 saturated carbocycles. The van der Waals surface area contributed by atoms with Crippen LogP contribution in [0.4, 0.5) is 0 Å². The predicted molar refractivity (Wildman–Crippen MR) is 82.3 cm³/mol. The number of hydrogen-bond donors (Lipinski definition) is 1.